The Balaban J connectivity index is 2.21. The first-order chi connectivity index (χ1) is 11.4. The predicted molar refractivity (Wildman–Crippen MR) is 97.3 cm³/mol. The Morgan fingerprint density at radius 3 is 2.50 bits per heavy atom. The lowest BCUT2D eigenvalue weighted by molar-refractivity contribution is -0.116. The van der Waals surface area contributed by atoms with E-state index in [1.807, 2.05) is 44.2 Å². The number of nitrogens with zero attached hydrogens (tertiary/aromatic N) is 2. The average Bonchev–Trinajstić information content (AvgIpc) is 2.92. The van der Waals surface area contributed by atoms with Gasteiger partial charge < -0.3 is 5.32 Å². The van der Waals surface area contributed by atoms with Crippen LogP contribution in [0.4, 0.5) is 5.13 Å². The molecule has 2 aromatic rings. The molecule has 0 radical (unpaired) electrons. The zero-order chi connectivity index (χ0) is 17.7. The normalized spacial score (nSPS) is 10.7. The van der Waals surface area contributed by atoms with Gasteiger partial charge in [0.25, 0.3) is 5.91 Å². The van der Waals surface area contributed by atoms with Gasteiger partial charge in [-0.2, -0.15) is 0 Å². The minimum atomic E-state index is -0.131. The highest BCUT2D eigenvalue weighted by atomic mass is 32.1. The second-order valence-electron chi connectivity index (χ2n) is 6.11. The molecule has 6 heteroatoms. The fraction of sp³-hybridized carbons (Fsp3) is 0.389. The van der Waals surface area contributed by atoms with Crippen LogP contribution in [0, 0.1) is 12.8 Å². The first-order valence-corrected chi connectivity index (χ1v) is 8.77. The zero-order valence-electron chi connectivity index (χ0n) is 14.5. The molecule has 2 amide bonds. The summed E-state index contributed by atoms with van der Waals surface area (Å²) in [5.41, 5.74) is 1.67. The number of carbonyl (C=O) groups excluding carboxylic acids is 2. The molecule has 5 nitrogen and oxygen atoms in total. The maximum atomic E-state index is 12.3. The SMILES string of the molecule is CC(=O)N(Cc1ccccc1)c1nc(C)c(C(=O)NCC(C)C)s1. The van der Waals surface area contributed by atoms with Crippen LogP contribution in [0.15, 0.2) is 30.3 Å². The minimum absolute atomic E-state index is 0.0956. The van der Waals surface area contributed by atoms with Gasteiger partial charge in [0.1, 0.15) is 4.88 Å². The van der Waals surface area contributed by atoms with Gasteiger partial charge in [-0.1, -0.05) is 55.5 Å². The maximum absolute atomic E-state index is 12.3. The number of carbonyl (C=O) groups is 2. The van der Waals surface area contributed by atoms with Crippen LogP contribution in [0.1, 0.15) is 41.7 Å². The van der Waals surface area contributed by atoms with Crippen LogP contribution in [-0.4, -0.2) is 23.3 Å². The van der Waals surface area contributed by atoms with Crippen molar-refractivity contribution in [1.82, 2.24) is 10.3 Å². The second kappa shape index (κ2) is 8.06. The predicted octanol–water partition coefficient (Wildman–Crippen LogP) is 3.39. The van der Waals surface area contributed by atoms with Gasteiger partial charge in [0.15, 0.2) is 5.13 Å². The molecule has 0 unspecified atom stereocenters. The van der Waals surface area contributed by atoms with Crippen molar-refractivity contribution in [1.29, 1.82) is 0 Å². The molecule has 0 spiro atoms. The Bertz CT molecular complexity index is 710. The molecule has 0 saturated carbocycles. The minimum Gasteiger partial charge on any atom is -0.351 e. The topological polar surface area (TPSA) is 62.3 Å². The highest BCUT2D eigenvalue weighted by Gasteiger charge is 2.21. The van der Waals surface area contributed by atoms with Crippen molar-refractivity contribution in [3.63, 3.8) is 0 Å². The van der Waals surface area contributed by atoms with Gasteiger partial charge in [0.2, 0.25) is 5.91 Å². The van der Waals surface area contributed by atoms with Gasteiger partial charge in [0, 0.05) is 13.5 Å². The summed E-state index contributed by atoms with van der Waals surface area (Å²) >= 11 is 1.26. The van der Waals surface area contributed by atoms with E-state index in [1.54, 1.807) is 11.8 Å². The van der Waals surface area contributed by atoms with Gasteiger partial charge >= 0.3 is 0 Å². The Morgan fingerprint density at radius 2 is 1.92 bits per heavy atom. The Morgan fingerprint density at radius 1 is 1.25 bits per heavy atom. The van der Waals surface area contributed by atoms with E-state index in [4.69, 9.17) is 0 Å². The van der Waals surface area contributed by atoms with Crippen molar-refractivity contribution >= 4 is 28.3 Å². The summed E-state index contributed by atoms with van der Waals surface area (Å²) in [5.74, 6) is 0.156. The van der Waals surface area contributed by atoms with Gasteiger partial charge in [-0.15, -0.1) is 0 Å². The molecule has 0 bridgehead atoms. The summed E-state index contributed by atoms with van der Waals surface area (Å²) in [5, 5.41) is 3.45. The molecular weight excluding hydrogens is 322 g/mol. The second-order valence-corrected chi connectivity index (χ2v) is 7.08. The maximum Gasteiger partial charge on any atom is 0.263 e. The first-order valence-electron chi connectivity index (χ1n) is 7.96. The first kappa shape index (κ1) is 18.1. The van der Waals surface area contributed by atoms with Crippen molar-refractivity contribution in [3.05, 3.63) is 46.5 Å². The molecule has 0 saturated heterocycles. The van der Waals surface area contributed by atoms with E-state index in [0.717, 1.165) is 5.56 Å². The van der Waals surface area contributed by atoms with Crippen LogP contribution in [0.3, 0.4) is 0 Å². The lowest BCUT2D eigenvalue weighted by atomic mass is 10.2. The quantitative estimate of drug-likeness (QED) is 0.873. The van der Waals surface area contributed by atoms with Crippen LogP contribution in [0.25, 0.3) is 0 Å². The van der Waals surface area contributed by atoms with Crippen LogP contribution >= 0.6 is 11.3 Å². The van der Waals surface area contributed by atoms with E-state index >= 15 is 0 Å². The molecule has 0 fully saturated rings. The molecule has 0 atom stereocenters. The fourth-order valence-electron chi connectivity index (χ4n) is 2.17. The molecular formula is C18H23N3O2S. The molecule has 1 aromatic carbocycles. The number of nitrogens with one attached hydrogen (secondary N) is 1. The number of hydrogen-bond donors (Lipinski definition) is 1. The van der Waals surface area contributed by atoms with E-state index < -0.39 is 0 Å². The van der Waals surface area contributed by atoms with Gasteiger partial charge in [0.05, 0.1) is 12.2 Å². The monoisotopic (exact) mass is 345 g/mol. The number of rotatable bonds is 6. The molecule has 1 aromatic heterocycles. The lowest BCUT2D eigenvalue weighted by Gasteiger charge is -2.17. The Hall–Kier alpha value is -2.21. The number of benzene rings is 1. The van der Waals surface area contributed by atoms with E-state index in [9.17, 15) is 9.59 Å². The smallest absolute Gasteiger partial charge is 0.263 e. The zero-order valence-corrected chi connectivity index (χ0v) is 15.3. The third kappa shape index (κ3) is 4.64. The number of anilines is 1. The molecule has 0 aliphatic heterocycles. The standard InChI is InChI=1S/C18H23N3O2S/c1-12(2)10-19-17(23)16-13(3)20-18(24-16)21(14(4)22)11-15-8-6-5-7-9-15/h5-9,12H,10-11H2,1-4H3,(H,19,23). The molecule has 2 rings (SSSR count). The van der Waals surface area contributed by atoms with E-state index in [-0.39, 0.29) is 11.8 Å². The van der Waals surface area contributed by atoms with Crippen molar-refractivity contribution in [3.8, 4) is 0 Å². The number of aromatic nitrogens is 1. The highest BCUT2D eigenvalue weighted by Crippen LogP contribution is 2.27. The lowest BCUT2D eigenvalue weighted by Crippen LogP contribution is -2.27. The van der Waals surface area contributed by atoms with Crippen molar-refractivity contribution in [2.24, 2.45) is 5.92 Å². The molecule has 1 heterocycles. The number of aryl methyl sites for hydroxylation is 1. The summed E-state index contributed by atoms with van der Waals surface area (Å²) in [6.45, 7) is 8.45. The van der Waals surface area contributed by atoms with Crippen LogP contribution in [0.5, 0.6) is 0 Å². The third-order valence-corrected chi connectivity index (χ3v) is 4.64. The summed E-state index contributed by atoms with van der Waals surface area (Å²) < 4.78 is 0. The van der Waals surface area contributed by atoms with E-state index in [2.05, 4.69) is 10.3 Å². The van der Waals surface area contributed by atoms with Gasteiger partial charge in [-0.05, 0) is 18.4 Å². The summed E-state index contributed by atoms with van der Waals surface area (Å²) in [6, 6.07) is 9.74. The summed E-state index contributed by atoms with van der Waals surface area (Å²) in [4.78, 5) is 30.9. The fourth-order valence-corrected chi connectivity index (χ4v) is 3.19. The highest BCUT2D eigenvalue weighted by molar-refractivity contribution is 7.17. The summed E-state index contributed by atoms with van der Waals surface area (Å²) in [7, 11) is 0. The summed E-state index contributed by atoms with van der Waals surface area (Å²) in [6.07, 6.45) is 0. The van der Waals surface area contributed by atoms with E-state index in [0.29, 0.717) is 34.7 Å². The molecule has 1 N–H and O–H groups in total. The van der Waals surface area contributed by atoms with Crippen LogP contribution in [-0.2, 0) is 11.3 Å². The molecule has 128 valence electrons. The van der Waals surface area contributed by atoms with Gasteiger partial charge in [-0.25, -0.2) is 4.98 Å². The third-order valence-electron chi connectivity index (χ3n) is 3.46. The average molecular weight is 345 g/mol. The largest absolute Gasteiger partial charge is 0.351 e. The van der Waals surface area contributed by atoms with Crippen molar-refractivity contribution in [2.45, 2.75) is 34.2 Å². The number of amides is 2. The number of thiazole rings is 1. The Labute approximate surface area is 146 Å². The molecule has 0 aliphatic rings. The van der Waals surface area contributed by atoms with E-state index in [1.165, 1.54) is 18.3 Å². The molecule has 24 heavy (non-hydrogen) atoms. The van der Waals surface area contributed by atoms with Crippen LogP contribution < -0.4 is 10.2 Å². The van der Waals surface area contributed by atoms with Gasteiger partial charge in [-0.3, -0.25) is 14.5 Å². The van der Waals surface area contributed by atoms with Crippen molar-refractivity contribution < 1.29 is 9.59 Å². The Kier molecular flexibility index (Phi) is 6.09. The number of hydrogen-bond acceptors (Lipinski definition) is 4. The van der Waals surface area contributed by atoms with Crippen molar-refractivity contribution in [2.75, 3.05) is 11.4 Å². The van der Waals surface area contributed by atoms with Crippen LogP contribution in [0.2, 0.25) is 0 Å². The molecule has 0 aliphatic carbocycles.